The lowest BCUT2D eigenvalue weighted by Gasteiger charge is -2.59. The van der Waals surface area contributed by atoms with E-state index < -0.39 is 22.2 Å². The molecule has 0 saturated heterocycles. The first-order valence-corrected chi connectivity index (χ1v) is 17.4. The van der Waals surface area contributed by atoms with Crippen molar-refractivity contribution in [2.45, 2.75) is 81.1 Å². The Morgan fingerprint density at radius 3 is 2.02 bits per heavy atom. The fraction of sp³-hybridized carbons (Fsp3) is 0.364. The molecule has 0 aliphatic heterocycles. The highest BCUT2D eigenvalue weighted by Gasteiger charge is 2.63. The van der Waals surface area contributed by atoms with Crippen molar-refractivity contribution in [2.75, 3.05) is 0 Å². The smallest absolute Gasteiger partial charge is 0.190 e. The van der Waals surface area contributed by atoms with Crippen molar-refractivity contribution in [1.82, 2.24) is 0 Å². The second kappa shape index (κ2) is 11.1. The van der Waals surface area contributed by atoms with Gasteiger partial charge in [0.2, 0.25) is 0 Å². The third kappa shape index (κ3) is 4.46. The molecule has 3 unspecified atom stereocenters. The van der Waals surface area contributed by atoms with E-state index in [1.807, 2.05) is 52.0 Å². The van der Waals surface area contributed by atoms with Gasteiger partial charge in [-0.3, -0.25) is 28.8 Å². The lowest BCUT2D eigenvalue weighted by atomic mass is 9.42. The van der Waals surface area contributed by atoms with E-state index in [2.05, 4.69) is 13.8 Å². The summed E-state index contributed by atoms with van der Waals surface area (Å²) in [6.45, 7) is 14.8. The number of hydrogen-bond acceptors (Lipinski definition) is 6. The molecule has 0 fully saturated rings. The summed E-state index contributed by atoms with van der Waals surface area (Å²) < 4.78 is 0. The Hall–Kier alpha value is -4.84. The Labute approximate surface area is 293 Å². The van der Waals surface area contributed by atoms with Crippen LogP contribution in [-0.2, 0) is 22.4 Å². The second-order valence-electron chi connectivity index (χ2n) is 15.9. The van der Waals surface area contributed by atoms with Crippen molar-refractivity contribution in [3.63, 3.8) is 0 Å². The zero-order valence-corrected chi connectivity index (χ0v) is 30.1. The van der Waals surface area contributed by atoms with Crippen LogP contribution in [0.5, 0.6) is 0 Å². The summed E-state index contributed by atoms with van der Waals surface area (Å²) in [5.41, 5.74) is 5.98. The number of benzene rings is 3. The van der Waals surface area contributed by atoms with Gasteiger partial charge in [0.15, 0.2) is 34.7 Å². The lowest BCUT2D eigenvalue weighted by molar-refractivity contribution is -0.134. The molecule has 0 heterocycles. The highest BCUT2D eigenvalue weighted by Crippen LogP contribution is 2.66. The average molecular weight is 667 g/mol. The van der Waals surface area contributed by atoms with Crippen LogP contribution in [0.4, 0.5) is 0 Å². The molecule has 0 bridgehead atoms. The van der Waals surface area contributed by atoms with Crippen LogP contribution in [0.25, 0.3) is 11.1 Å². The van der Waals surface area contributed by atoms with Gasteiger partial charge in [-0.05, 0) is 107 Å². The van der Waals surface area contributed by atoms with Gasteiger partial charge in [0.1, 0.15) is 0 Å². The third-order valence-electron chi connectivity index (χ3n) is 12.7. The molecule has 3 aromatic carbocycles. The maximum atomic E-state index is 15.2. The van der Waals surface area contributed by atoms with Crippen LogP contribution in [0.1, 0.15) is 119 Å². The Bertz CT molecular complexity index is 2190. The number of ketones is 6. The number of fused-ring (bicyclic) bond motifs is 4. The number of carbonyl (C=O) groups is 6. The highest BCUT2D eigenvalue weighted by atomic mass is 16.2. The zero-order chi connectivity index (χ0) is 36.2. The lowest BCUT2D eigenvalue weighted by Crippen LogP contribution is -2.57. The first kappa shape index (κ1) is 33.6. The molecule has 6 heteroatoms. The summed E-state index contributed by atoms with van der Waals surface area (Å²) in [5.74, 6) is -2.05. The van der Waals surface area contributed by atoms with Crippen LogP contribution >= 0.6 is 0 Å². The van der Waals surface area contributed by atoms with E-state index in [4.69, 9.17) is 0 Å². The minimum atomic E-state index is -1.05. The number of carbonyl (C=O) groups excluding carboxylic acids is 6. The summed E-state index contributed by atoms with van der Waals surface area (Å²) in [4.78, 5) is 82.0. The topological polar surface area (TPSA) is 102 Å². The molecule has 0 radical (unpaired) electrons. The van der Waals surface area contributed by atoms with Crippen LogP contribution in [-0.4, -0.2) is 34.7 Å². The number of hydrogen-bond donors (Lipinski definition) is 0. The predicted molar refractivity (Wildman–Crippen MR) is 192 cm³/mol. The average Bonchev–Trinajstić information content (AvgIpc) is 3.28. The molecule has 0 saturated carbocycles. The molecule has 4 aliphatic rings. The largest absolute Gasteiger partial charge is 0.295 e. The summed E-state index contributed by atoms with van der Waals surface area (Å²) in [5, 5.41) is 0. The van der Waals surface area contributed by atoms with Crippen LogP contribution in [0, 0.1) is 29.1 Å². The molecular weight excluding hydrogens is 624 g/mol. The molecule has 3 aromatic rings. The molecular formula is C44H42O6. The molecule has 0 spiro atoms. The van der Waals surface area contributed by atoms with E-state index in [-0.39, 0.29) is 46.7 Å². The van der Waals surface area contributed by atoms with Gasteiger partial charge in [0.25, 0.3) is 0 Å². The summed E-state index contributed by atoms with van der Waals surface area (Å²) >= 11 is 0. The molecule has 0 N–H and O–H groups in total. The third-order valence-corrected chi connectivity index (χ3v) is 12.7. The minimum absolute atomic E-state index is 0.0772. The van der Waals surface area contributed by atoms with E-state index in [0.717, 1.165) is 27.8 Å². The monoisotopic (exact) mass is 666 g/mol. The van der Waals surface area contributed by atoms with Crippen LogP contribution in [0.3, 0.4) is 0 Å². The quantitative estimate of drug-likeness (QED) is 0.154. The first-order chi connectivity index (χ1) is 23.4. The molecule has 50 heavy (non-hydrogen) atoms. The molecule has 254 valence electrons. The van der Waals surface area contributed by atoms with Gasteiger partial charge in [-0.15, -0.1) is 0 Å². The van der Waals surface area contributed by atoms with Gasteiger partial charge >= 0.3 is 0 Å². The maximum Gasteiger partial charge on any atom is 0.190 e. The minimum Gasteiger partial charge on any atom is -0.295 e. The first-order valence-electron chi connectivity index (χ1n) is 17.4. The van der Waals surface area contributed by atoms with Crippen molar-refractivity contribution in [3.8, 4) is 11.1 Å². The fourth-order valence-electron chi connectivity index (χ4n) is 10.2. The Balaban J connectivity index is 1.46. The molecule has 4 aliphatic carbocycles. The van der Waals surface area contributed by atoms with Crippen LogP contribution in [0.15, 0.2) is 76.9 Å². The van der Waals surface area contributed by atoms with Crippen LogP contribution in [0.2, 0.25) is 0 Å². The van der Waals surface area contributed by atoms with E-state index >= 15 is 4.79 Å². The SMILES string of the molecule is CC(=O)C1=C(C)CC2(C)CC3(C)Cc4c(-c5cccc(C(C)=O)c5)cc(CC5C(=O)c6ccccc6C5=O)c(C)c4C(=O)C3=C(C)C2(C)C1=O. The van der Waals surface area contributed by atoms with Crippen LogP contribution < -0.4 is 0 Å². The summed E-state index contributed by atoms with van der Waals surface area (Å²) in [6.07, 6.45) is 1.80. The van der Waals surface area contributed by atoms with Crippen molar-refractivity contribution in [2.24, 2.45) is 22.2 Å². The van der Waals surface area contributed by atoms with Gasteiger partial charge in [-0.1, -0.05) is 73.5 Å². The number of allylic oxidation sites excluding steroid dienone is 4. The fourth-order valence-corrected chi connectivity index (χ4v) is 10.2. The number of Topliss-reactive ketones (excluding diaryl/α,β-unsaturated/α-hetero) is 6. The molecule has 7 rings (SSSR count). The van der Waals surface area contributed by atoms with E-state index in [9.17, 15) is 24.0 Å². The van der Waals surface area contributed by atoms with E-state index in [1.165, 1.54) is 13.8 Å². The highest BCUT2D eigenvalue weighted by molar-refractivity contribution is 6.27. The van der Waals surface area contributed by atoms with Gasteiger partial charge in [-0.2, -0.15) is 0 Å². The Morgan fingerprint density at radius 2 is 1.42 bits per heavy atom. The molecule has 0 amide bonds. The van der Waals surface area contributed by atoms with Crippen molar-refractivity contribution in [1.29, 1.82) is 0 Å². The number of rotatable bonds is 5. The maximum absolute atomic E-state index is 15.2. The summed E-state index contributed by atoms with van der Waals surface area (Å²) in [7, 11) is 0. The van der Waals surface area contributed by atoms with Crippen molar-refractivity contribution >= 4 is 34.7 Å². The normalized spacial score (nSPS) is 26.2. The zero-order valence-electron chi connectivity index (χ0n) is 30.1. The van der Waals surface area contributed by atoms with E-state index in [0.29, 0.717) is 58.2 Å². The second-order valence-corrected chi connectivity index (χ2v) is 15.9. The Kier molecular flexibility index (Phi) is 7.46. The van der Waals surface area contributed by atoms with Crippen molar-refractivity contribution in [3.05, 3.63) is 116 Å². The van der Waals surface area contributed by atoms with Gasteiger partial charge in [0.05, 0.1) is 16.9 Å². The van der Waals surface area contributed by atoms with Crippen molar-refractivity contribution < 1.29 is 28.8 Å². The van der Waals surface area contributed by atoms with Gasteiger partial charge in [0, 0.05) is 33.2 Å². The molecule has 0 aromatic heterocycles. The van der Waals surface area contributed by atoms with Gasteiger partial charge in [-0.25, -0.2) is 0 Å². The van der Waals surface area contributed by atoms with Gasteiger partial charge < -0.3 is 0 Å². The molecule has 6 nitrogen and oxygen atoms in total. The standard InChI is InChI=1S/C44H42O6/c1-22-19-43(7)21-42(6)20-34-32(28-13-11-12-27(16-28)25(4)45)17-29(18-33-38(47)30-14-9-10-15-31(30)39(33)48)23(2)36(34)40(49)37(42)24(3)44(43,8)41(50)35(22)26(5)46/h9-17,33H,18-21H2,1-8H3. The molecule has 3 atom stereocenters. The summed E-state index contributed by atoms with van der Waals surface area (Å²) in [6, 6.07) is 16.3. The predicted octanol–water partition coefficient (Wildman–Crippen LogP) is 8.46. The Morgan fingerprint density at radius 1 is 0.780 bits per heavy atom. The van der Waals surface area contributed by atoms with E-state index in [1.54, 1.807) is 30.3 Å².